The summed E-state index contributed by atoms with van der Waals surface area (Å²) < 4.78 is 27.2. The molecular formula is C13H20BrNO3S. The van der Waals surface area contributed by atoms with Gasteiger partial charge in [-0.3, -0.25) is 0 Å². The lowest BCUT2D eigenvalue weighted by molar-refractivity contribution is 0.281. The van der Waals surface area contributed by atoms with E-state index in [2.05, 4.69) is 15.9 Å². The molecule has 0 aliphatic rings. The first-order valence-corrected chi connectivity index (χ1v) is 8.52. The number of nitrogens with zero attached hydrogens (tertiary/aromatic N) is 1. The Morgan fingerprint density at radius 3 is 2.42 bits per heavy atom. The predicted octanol–water partition coefficient (Wildman–Crippen LogP) is 2.75. The third-order valence-electron chi connectivity index (χ3n) is 3.16. The van der Waals surface area contributed by atoms with Crippen molar-refractivity contribution in [3.05, 3.63) is 28.2 Å². The Labute approximate surface area is 123 Å². The molecule has 0 radical (unpaired) electrons. The average Bonchev–Trinajstić information content (AvgIpc) is 2.38. The molecule has 0 spiro atoms. The van der Waals surface area contributed by atoms with Gasteiger partial charge in [-0.1, -0.05) is 19.9 Å². The molecule has 0 saturated carbocycles. The van der Waals surface area contributed by atoms with Crippen molar-refractivity contribution in [2.75, 3.05) is 6.54 Å². The first-order valence-electron chi connectivity index (χ1n) is 6.29. The Morgan fingerprint density at radius 2 is 2.00 bits per heavy atom. The number of benzene rings is 1. The average molecular weight is 350 g/mol. The molecule has 0 aliphatic heterocycles. The van der Waals surface area contributed by atoms with E-state index in [1.54, 1.807) is 12.1 Å². The smallest absolute Gasteiger partial charge is 0.244 e. The van der Waals surface area contributed by atoms with Gasteiger partial charge in [0, 0.05) is 17.1 Å². The minimum absolute atomic E-state index is 0.0422. The molecule has 0 aromatic heterocycles. The third kappa shape index (κ3) is 3.56. The zero-order chi connectivity index (χ0) is 14.6. The number of aliphatic hydroxyl groups is 1. The van der Waals surface area contributed by atoms with Gasteiger partial charge in [-0.2, -0.15) is 4.31 Å². The summed E-state index contributed by atoms with van der Waals surface area (Å²) in [5.41, 5.74) is 0.678. The van der Waals surface area contributed by atoms with Crippen LogP contribution in [0.2, 0.25) is 0 Å². The normalized spacial score (nSPS) is 13.8. The van der Waals surface area contributed by atoms with E-state index in [1.807, 2.05) is 20.8 Å². The van der Waals surface area contributed by atoms with Crippen molar-refractivity contribution in [3.8, 4) is 0 Å². The SMILES string of the molecule is CCC(C)N(CC)S(=O)(=O)c1ccc(CO)cc1Br. The van der Waals surface area contributed by atoms with Gasteiger partial charge in [0.05, 0.1) is 11.5 Å². The van der Waals surface area contributed by atoms with Crippen LogP contribution in [-0.4, -0.2) is 30.4 Å². The quantitative estimate of drug-likeness (QED) is 0.858. The fraction of sp³-hybridized carbons (Fsp3) is 0.538. The molecule has 0 aliphatic carbocycles. The molecule has 1 N–H and O–H groups in total. The molecule has 1 rings (SSSR count). The van der Waals surface area contributed by atoms with Crippen LogP contribution < -0.4 is 0 Å². The zero-order valence-corrected chi connectivity index (χ0v) is 13.8. The minimum atomic E-state index is -3.51. The van der Waals surface area contributed by atoms with Crippen LogP contribution in [0.25, 0.3) is 0 Å². The topological polar surface area (TPSA) is 57.6 Å². The van der Waals surface area contributed by atoms with Gasteiger partial charge in [0.1, 0.15) is 0 Å². The largest absolute Gasteiger partial charge is 0.392 e. The second-order valence-corrected chi connectivity index (χ2v) is 7.10. The predicted molar refractivity (Wildman–Crippen MR) is 79.4 cm³/mol. The standard InChI is InChI=1S/C13H20BrNO3S/c1-4-10(3)15(5-2)19(17,18)13-7-6-11(9-16)8-12(13)14/h6-8,10,16H,4-5,9H2,1-3H3. The third-order valence-corrected chi connectivity index (χ3v) is 6.23. The highest BCUT2D eigenvalue weighted by atomic mass is 79.9. The number of halogens is 1. The van der Waals surface area contributed by atoms with Gasteiger partial charge in [-0.15, -0.1) is 0 Å². The highest BCUT2D eigenvalue weighted by Crippen LogP contribution is 2.27. The summed E-state index contributed by atoms with van der Waals surface area (Å²) in [7, 11) is -3.51. The summed E-state index contributed by atoms with van der Waals surface area (Å²) in [5.74, 6) is 0. The molecular weight excluding hydrogens is 330 g/mol. The Kier molecular flexibility index (Phi) is 5.98. The maximum atomic E-state index is 12.6. The maximum Gasteiger partial charge on any atom is 0.244 e. The van der Waals surface area contributed by atoms with Crippen LogP contribution in [0.15, 0.2) is 27.6 Å². The molecule has 19 heavy (non-hydrogen) atoms. The van der Waals surface area contributed by atoms with E-state index in [-0.39, 0.29) is 17.5 Å². The van der Waals surface area contributed by atoms with Crippen molar-refractivity contribution in [2.45, 2.75) is 44.7 Å². The second kappa shape index (κ2) is 6.83. The lowest BCUT2D eigenvalue weighted by Crippen LogP contribution is -2.38. The van der Waals surface area contributed by atoms with Crippen LogP contribution in [-0.2, 0) is 16.6 Å². The van der Waals surface area contributed by atoms with Crippen LogP contribution in [0.4, 0.5) is 0 Å². The monoisotopic (exact) mass is 349 g/mol. The highest BCUT2D eigenvalue weighted by molar-refractivity contribution is 9.10. The van der Waals surface area contributed by atoms with Crippen molar-refractivity contribution < 1.29 is 13.5 Å². The fourth-order valence-electron chi connectivity index (χ4n) is 1.90. The van der Waals surface area contributed by atoms with Crippen molar-refractivity contribution in [1.29, 1.82) is 0 Å². The van der Waals surface area contributed by atoms with Crippen molar-refractivity contribution >= 4 is 26.0 Å². The van der Waals surface area contributed by atoms with Crippen molar-refractivity contribution in [3.63, 3.8) is 0 Å². The molecule has 0 amide bonds. The molecule has 1 atom stereocenters. The van der Waals surface area contributed by atoms with Crippen LogP contribution in [0, 0.1) is 0 Å². The lowest BCUT2D eigenvalue weighted by Gasteiger charge is -2.26. The summed E-state index contributed by atoms with van der Waals surface area (Å²) in [5, 5.41) is 9.06. The molecule has 1 unspecified atom stereocenters. The van der Waals surface area contributed by atoms with E-state index in [0.717, 1.165) is 6.42 Å². The summed E-state index contributed by atoms with van der Waals surface area (Å²) in [6.45, 7) is 6.02. The Balaban J connectivity index is 3.26. The number of sulfonamides is 1. The zero-order valence-electron chi connectivity index (χ0n) is 11.4. The van der Waals surface area contributed by atoms with Gasteiger partial charge in [0.15, 0.2) is 0 Å². The van der Waals surface area contributed by atoms with Gasteiger partial charge < -0.3 is 5.11 Å². The minimum Gasteiger partial charge on any atom is -0.392 e. The van der Waals surface area contributed by atoms with Gasteiger partial charge in [-0.05, 0) is 47.0 Å². The molecule has 108 valence electrons. The fourth-order valence-corrected chi connectivity index (χ4v) is 4.70. The van der Waals surface area contributed by atoms with E-state index >= 15 is 0 Å². The van der Waals surface area contributed by atoms with Crippen LogP contribution in [0.3, 0.4) is 0 Å². The highest BCUT2D eigenvalue weighted by Gasteiger charge is 2.28. The molecule has 0 saturated heterocycles. The summed E-state index contributed by atoms with van der Waals surface area (Å²) in [6.07, 6.45) is 0.763. The molecule has 4 nitrogen and oxygen atoms in total. The summed E-state index contributed by atoms with van der Waals surface area (Å²) in [4.78, 5) is 0.242. The van der Waals surface area contributed by atoms with E-state index < -0.39 is 10.0 Å². The Hall–Kier alpha value is -0.430. The van der Waals surface area contributed by atoms with Crippen molar-refractivity contribution in [1.82, 2.24) is 4.31 Å². The van der Waals surface area contributed by atoms with Gasteiger partial charge in [0.2, 0.25) is 10.0 Å². The van der Waals surface area contributed by atoms with E-state index in [4.69, 9.17) is 5.11 Å². The summed E-state index contributed by atoms with van der Waals surface area (Å²) >= 11 is 3.28. The van der Waals surface area contributed by atoms with Gasteiger partial charge >= 0.3 is 0 Å². The van der Waals surface area contributed by atoms with Gasteiger partial charge in [-0.25, -0.2) is 8.42 Å². The number of aliphatic hydroxyl groups excluding tert-OH is 1. The van der Waals surface area contributed by atoms with Crippen LogP contribution in [0.5, 0.6) is 0 Å². The first kappa shape index (κ1) is 16.6. The van der Waals surface area contributed by atoms with Gasteiger partial charge in [0.25, 0.3) is 0 Å². The molecule has 0 heterocycles. The second-order valence-electron chi connectivity index (χ2n) is 4.39. The first-order chi connectivity index (χ1) is 8.88. The molecule has 1 aromatic rings. The van der Waals surface area contributed by atoms with E-state index in [0.29, 0.717) is 16.6 Å². The van der Waals surface area contributed by atoms with E-state index in [9.17, 15) is 8.42 Å². The molecule has 0 fully saturated rings. The van der Waals surface area contributed by atoms with Crippen LogP contribution >= 0.6 is 15.9 Å². The number of rotatable bonds is 6. The Bertz CT molecular complexity index is 531. The summed E-state index contributed by atoms with van der Waals surface area (Å²) in [6, 6.07) is 4.76. The molecule has 1 aromatic carbocycles. The van der Waals surface area contributed by atoms with Crippen molar-refractivity contribution in [2.24, 2.45) is 0 Å². The number of hydrogen-bond donors (Lipinski definition) is 1. The van der Waals surface area contributed by atoms with Crippen LogP contribution in [0.1, 0.15) is 32.8 Å². The maximum absolute atomic E-state index is 12.6. The number of hydrogen-bond acceptors (Lipinski definition) is 3. The lowest BCUT2D eigenvalue weighted by atomic mass is 10.2. The van der Waals surface area contributed by atoms with E-state index in [1.165, 1.54) is 10.4 Å². The molecule has 6 heteroatoms. The molecule has 0 bridgehead atoms. The Morgan fingerprint density at radius 1 is 1.37 bits per heavy atom.